The van der Waals surface area contributed by atoms with Crippen LogP contribution in [0.4, 0.5) is 0 Å². The molecule has 2 heterocycles. The summed E-state index contributed by atoms with van der Waals surface area (Å²) in [6.07, 6.45) is 3.18. The molecule has 1 N–H and O–H groups in total. The van der Waals surface area contributed by atoms with E-state index in [1.807, 2.05) is 0 Å². The highest BCUT2D eigenvalue weighted by atomic mass is 35.5. The smallest absolute Gasteiger partial charge is 0.0728 e. The quantitative estimate of drug-likeness (QED) is 0.571. The van der Waals surface area contributed by atoms with Crippen molar-refractivity contribution in [2.24, 2.45) is 5.92 Å². The Bertz CT molecular complexity index is 97.8. The molecule has 2 aliphatic rings. The van der Waals surface area contributed by atoms with E-state index in [4.69, 9.17) is 4.74 Å². The standard InChI is InChI=1S/C7H13NO.ClH/c1-3-8-5-7-6(1)2-4-9-7;/h6-8H,1-5H2;1H/t6-,7+;/m1./s1. The predicted molar refractivity (Wildman–Crippen MR) is 42.6 cm³/mol. The van der Waals surface area contributed by atoms with Crippen LogP contribution in [0.25, 0.3) is 0 Å². The van der Waals surface area contributed by atoms with E-state index in [2.05, 4.69) is 5.32 Å². The van der Waals surface area contributed by atoms with Crippen LogP contribution in [0.2, 0.25) is 0 Å². The zero-order chi connectivity index (χ0) is 6.10. The van der Waals surface area contributed by atoms with Crippen molar-refractivity contribution in [2.45, 2.75) is 18.9 Å². The van der Waals surface area contributed by atoms with Gasteiger partial charge in [0.15, 0.2) is 0 Å². The number of hydrogen-bond donors (Lipinski definition) is 1. The maximum Gasteiger partial charge on any atom is 0.0728 e. The number of ether oxygens (including phenoxy) is 1. The Morgan fingerprint density at radius 3 is 3.00 bits per heavy atom. The number of hydrogen-bond acceptors (Lipinski definition) is 2. The van der Waals surface area contributed by atoms with Gasteiger partial charge in [0.1, 0.15) is 0 Å². The molecule has 2 rings (SSSR count). The van der Waals surface area contributed by atoms with Crippen molar-refractivity contribution in [3.63, 3.8) is 0 Å². The molecule has 0 aromatic heterocycles. The Morgan fingerprint density at radius 1 is 1.30 bits per heavy atom. The third-order valence-corrected chi connectivity index (χ3v) is 2.38. The van der Waals surface area contributed by atoms with E-state index in [0.29, 0.717) is 6.10 Å². The second-order valence-corrected chi connectivity index (χ2v) is 2.95. The Hall–Kier alpha value is 0.210. The molecule has 0 aromatic rings. The SMILES string of the molecule is C1C[C@@H]2CCO[C@H]2CN1.Cl. The van der Waals surface area contributed by atoms with Gasteiger partial charge in [-0.2, -0.15) is 0 Å². The lowest BCUT2D eigenvalue weighted by Gasteiger charge is -2.24. The fraction of sp³-hybridized carbons (Fsp3) is 1.00. The first-order chi connectivity index (χ1) is 4.47. The van der Waals surface area contributed by atoms with Gasteiger partial charge in [-0.3, -0.25) is 0 Å². The maximum atomic E-state index is 5.49. The minimum atomic E-state index is 0. The highest BCUT2D eigenvalue weighted by Crippen LogP contribution is 2.25. The van der Waals surface area contributed by atoms with Crippen molar-refractivity contribution < 1.29 is 4.74 Å². The fourth-order valence-electron chi connectivity index (χ4n) is 1.78. The lowest BCUT2D eigenvalue weighted by molar-refractivity contribution is 0.0763. The van der Waals surface area contributed by atoms with Crippen LogP contribution in [0.3, 0.4) is 0 Å². The molecule has 0 aromatic carbocycles. The van der Waals surface area contributed by atoms with Gasteiger partial charge >= 0.3 is 0 Å². The number of halogens is 1. The molecule has 0 aliphatic carbocycles. The Kier molecular flexibility index (Phi) is 2.96. The van der Waals surface area contributed by atoms with Crippen LogP contribution in [0, 0.1) is 5.92 Å². The molecule has 2 aliphatic heterocycles. The van der Waals surface area contributed by atoms with E-state index in [1.165, 1.54) is 19.4 Å². The third-order valence-electron chi connectivity index (χ3n) is 2.38. The summed E-state index contributed by atoms with van der Waals surface area (Å²) < 4.78 is 5.49. The summed E-state index contributed by atoms with van der Waals surface area (Å²) in [5, 5.41) is 3.33. The molecule has 0 radical (unpaired) electrons. The van der Waals surface area contributed by atoms with Gasteiger partial charge < -0.3 is 10.1 Å². The van der Waals surface area contributed by atoms with E-state index < -0.39 is 0 Å². The van der Waals surface area contributed by atoms with Crippen LogP contribution in [0.5, 0.6) is 0 Å². The highest BCUT2D eigenvalue weighted by Gasteiger charge is 2.29. The third kappa shape index (κ3) is 1.44. The minimum Gasteiger partial charge on any atom is -0.377 e. The Morgan fingerprint density at radius 2 is 2.20 bits per heavy atom. The minimum absolute atomic E-state index is 0. The van der Waals surface area contributed by atoms with Crippen LogP contribution in [0.15, 0.2) is 0 Å². The zero-order valence-corrected chi connectivity index (χ0v) is 6.82. The molecule has 0 bridgehead atoms. The monoisotopic (exact) mass is 163 g/mol. The Balaban J connectivity index is 0.000000500. The van der Waals surface area contributed by atoms with Crippen LogP contribution >= 0.6 is 12.4 Å². The summed E-state index contributed by atoms with van der Waals surface area (Å²) in [4.78, 5) is 0. The molecular formula is C7H14ClNO. The summed E-state index contributed by atoms with van der Waals surface area (Å²) in [5.74, 6) is 0.881. The predicted octanol–water partition coefficient (Wildman–Crippen LogP) is 0.807. The van der Waals surface area contributed by atoms with Gasteiger partial charge in [0.2, 0.25) is 0 Å². The second kappa shape index (κ2) is 3.56. The van der Waals surface area contributed by atoms with E-state index in [9.17, 15) is 0 Å². The molecule has 2 saturated heterocycles. The summed E-state index contributed by atoms with van der Waals surface area (Å²) in [5.41, 5.74) is 0. The van der Waals surface area contributed by atoms with Crippen LogP contribution in [0.1, 0.15) is 12.8 Å². The van der Waals surface area contributed by atoms with Crippen molar-refractivity contribution in [2.75, 3.05) is 19.7 Å². The molecular weight excluding hydrogens is 150 g/mol. The summed E-state index contributed by atoms with van der Waals surface area (Å²) in [7, 11) is 0. The van der Waals surface area contributed by atoms with Crippen molar-refractivity contribution in [3.8, 4) is 0 Å². The van der Waals surface area contributed by atoms with Gasteiger partial charge in [-0.05, 0) is 25.3 Å². The van der Waals surface area contributed by atoms with E-state index in [1.54, 1.807) is 0 Å². The molecule has 0 unspecified atom stereocenters. The van der Waals surface area contributed by atoms with Gasteiger partial charge in [0.25, 0.3) is 0 Å². The average Bonchev–Trinajstić information content (AvgIpc) is 2.33. The van der Waals surface area contributed by atoms with Crippen LogP contribution in [-0.2, 0) is 4.74 Å². The number of fused-ring (bicyclic) bond motifs is 1. The summed E-state index contributed by atoms with van der Waals surface area (Å²) >= 11 is 0. The lowest BCUT2D eigenvalue weighted by Crippen LogP contribution is -2.38. The van der Waals surface area contributed by atoms with E-state index in [0.717, 1.165) is 19.1 Å². The molecule has 0 spiro atoms. The van der Waals surface area contributed by atoms with Crippen molar-refractivity contribution in [1.29, 1.82) is 0 Å². The van der Waals surface area contributed by atoms with Crippen LogP contribution < -0.4 is 5.32 Å². The molecule has 60 valence electrons. The van der Waals surface area contributed by atoms with E-state index >= 15 is 0 Å². The van der Waals surface area contributed by atoms with Gasteiger partial charge in [-0.25, -0.2) is 0 Å². The van der Waals surface area contributed by atoms with Gasteiger partial charge in [0, 0.05) is 13.2 Å². The maximum absolute atomic E-state index is 5.49. The molecule has 10 heavy (non-hydrogen) atoms. The van der Waals surface area contributed by atoms with Gasteiger partial charge in [-0.1, -0.05) is 0 Å². The fourth-order valence-corrected chi connectivity index (χ4v) is 1.78. The van der Waals surface area contributed by atoms with Crippen molar-refractivity contribution in [3.05, 3.63) is 0 Å². The summed E-state index contributed by atoms with van der Waals surface area (Å²) in [6.45, 7) is 3.28. The zero-order valence-electron chi connectivity index (χ0n) is 6.01. The molecule has 3 heteroatoms. The van der Waals surface area contributed by atoms with Crippen LogP contribution in [-0.4, -0.2) is 25.8 Å². The molecule has 0 amide bonds. The van der Waals surface area contributed by atoms with Crippen molar-refractivity contribution >= 4 is 12.4 Å². The first-order valence-electron chi connectivity index (χ1n) is 3.79. The first-order valence-corrected chi connectivity index (χ1v) is 3.79. The topological polar surface area (TPSA) is 21.3 Å². The number of piperidine rings is 1. The summed E-state index contributed by atoms with van der Waals surface area (Å²) in [6, 6.07) is 0. The van der Waals surface area contributed by atoms with E-state index in [-0.39, 0.29) is 12.4 Å². The molecule has 2 nitrogen and oxygen atoms in total. The van der Waals surface area contributed by atoms with Gasteiger partial charge in [0.05, 0.1) is 6.10 Å². The normalized spacial score (nSPS) is 38.4. The van der Waals surface area contributed by atoms with Crippen molar-refractivity contribution in [1.82, 2.24) is 5.32 Å². The van der Waals surface area contributed by atoms with Gasteiger partial charge in [-0.15, -0.1) is 12.4 Å². The molecule has 0 saturated carbocycles. The first kappa shape index (κ1) is 8.31. The highest BCUT2D eigenvalue weighted by molar-refractivity contribution is 5.85. The molecule has 2 fully saturated rings. The number of rotatable bonds is 0. The second-order valence-electron chi connectivity index (χ2n) is 2.95. The largest absolute Gasteiger partial charge is 0.377 e. The average molecular weight is 164 g/mol. The number of nitrogens with one attached hydrogen (secondary N) is 1. The molecule has 2 atom stereocenters. The Labute approximate surface area is 67.7 Å². The lowest BCUT2D eigenvalue weighted by atomic mass is 9.95.